The predicted molar refractivity (Wildman–Crippen MR) is 75.2 cm³/mol. The fourth-order valence-corrected chi connectivity index (χ4v) is 2.65. The van der Waals surface area contributed by atoms with Gasteiger partial charge in [0.1, 0.15) is 0 Å². The number of halogens is 1. The lowest BCUT2D eigenvalue weighted by atomic mass is 9.80. The summed E-state index contributed by atoms with van der Waals surface area (Å²) in [7, 11) is 0. The van der Waals surface area contributed by atoms with Crippen molar-refractivity contribution >= 4 is 12.4 Å². The maximum Gasteiger partial charge on any atom is 0.240 e. The highest BCUT2D eigenvalue weighted by atomic mass is 35.5. The molecule has 2 aliphatic rings. The highest BCUT2D eigenvalue weighted by Crippen LogP contribution is 2.38. The van der Waals surface area contributed by atoms with E-state index in [0.717, 1.165) is 37.8 Å². The molecule has 108 valence electrons. The van der Waals surface area contributed by atoms with Crippen molar-refractivity contribution in [1.82, 2.24) is 15.0 Å². The molecule has 0 amide bonds. The van der Waals surface area contributed by atoms with Crippen molar-refractivity contribution in [3.8, 4) is 0 Å². The highest BCUT2D eigenvalue weighted by molar-refractivity contribution is 5.85. The first kappa shape index (κ1) is 14.8. The highest BCUT2D eigenvalue weighted by Gasteiger charge is 2.34. The van der Waals surface area contributed by atoms with Gasteiger partial charge in [0.15, 0.2) is 5.82 Å². The van der Waals surface area contributed by atoms with Crippen LogP contribution in [0.1, 0.15) is 50.7 Å². The summed E-state index contributed by atoms with van der Waals surface area (Å²) < 4.78 is 5.33. The zero-order valence-corrected chi connectivity index (χ0v) is 12.4. The Labute approximate surface area is 120 Å². The van der Waals surface area contributed by atoms with E-state index in [2.05, 4.69) is 28.9 Å². The van der Waals surface area contributed by atoms with Crippen molar-refractivity contribution in [2.45, 2.75) is 51.6 Å². The van der Waals surface area contributed by atoms with Gasteiger partial charge in [0, 0.05) is 25.0 Å². The van der Waals surface area contributed by atoms with E-state index in [1.165, 1.54) is 12.8 Å². The molecule has 2 fully saturated rings. The minimum absolute atomic E-state index is 0. The molecule has 1 saturated carbocycles. The van der Waals surface area contributed by atoms with Crippen molar-refractivity contribution in [3.63, 3.8) is 0 Å². The Morgan fingerprint density at radius 1 is 1.37 bits per heavy atom. The summed E-state index contributed by atoms with van der Waals surface area (Å²) in [5, 5.41) is 4.06. The van der Waals surface area contributed by atoms with Crippen molar-refractivity contribution < 1.29 is 4.52 Å². The van der Waals surface area contributed by atoms with Crippen LogP contribution in [0.15, 0.2) is 4.52 Å². The number of nitrogens with zero attached hydrogens (tertiary/aromatic N) is 3. The van der Waals surface area contributed by atoms with E-state index in [0.29, 0.717) is 12.0 Å². The molecule has 1 aromatic heterocycles. The number of aromatic nitrogens is 2. The van der Waals surface area contributed by atoms with Crippen LogP contribution >= 0.6 is 12.4 Å². The lowest BCUT2D eigenvalue weighted by Crippen LogP contribution is -2.52. The van der Waals surface area contributed by atoms with Gasteiger partial charge in [-0.25, -0.2) is 0 Å². The van der Waals surface area contributed by atoms with Gasteiger partial charge in [0.2, 0.25) is 5.89 Å². The van der Waals surface area contributed by atoms with Crippen LogP contribution in [-0.4, -0.2) is 34.2 Å². The zero-order chi connectivity index (χ0) is 12.8. The van der Waals surface area contributed by atoms with Crippen LogP contribution in [0.5, 0.6) is 0 Å². The third-order valence-electron chi connectivity index (χ3n) is 4.18. The molecule has 0 radical (unpaired) electrons. The first-order chi connectivity index (χ1) is 8.54. The van der Waals surface area contributed by atoms with Gasteiger partial charge in [0.05, 0.1) is 6.54 Å². The fraction of sp³-hybridized carbons (Fsp3) is 0.846. The molecule has 1 aromatic rings. The molecule has 0 spiro atoms. The fourth-order valence-electron chi connectivity index (χ4n) is 2.65. The molecule has 19 heavy (non-hydrogen) atoms. The summed E-state index contributed by atoms with van der Waals surface area (Å²) in [6.45, 7) is 7.23. The quantitative estimate of drug-likeness (QED) is 0.919. The summed E-state index contributed by atoms with van der Waals surface area (Å²) in [5.41, 5.74) is 6.31. The molecule has 1 aliphatic carbocycles. The van der Waals surface area contributed by atoms with Crippen LogP contribution in [0.25, 0.3) is 0 Å². The van der Waals surface area contributed by atoms with Gasteiger partial charge >= 0.3 is 0 Å². The lowest BCUT2D eigenvalue weighted by molar-refractivity contribution is 0.0811. The van der Waals surface area contributed by atoms with Gasteiger partial charge in [0.25, 0.3) is 0 Å². The number of nitrogens with two attached hydrogens (primary N) is 1. The number of piperidine rings is 1. The van der Waals surface area contributed by atoms with E-state index in [4.69, 9.17) is 10.3 Å². The number of rotatable bonds is 3. The van der Waals surface area contributed by atoms with E-state index in [-0.39, 0.29) is 17.8 Å². The van der Waals surface area contributed by atoms with E-state index >= 15 is 0 Å². The summed E-state index contributed by atoms with van der Waals surface area (Å²) >= 11 is 0. The van der Waals surface area contributed by atoms with Crippen LogP contribution in [0.3, 0.4) is 0 Å². The van der Waals surface area contributed by atoms with Crippen molar-refractivity contribution in [2.75, 3.05) is 13.1 Å². The maximum absolute atomic E-state index is 6.14. The summed E-state index contributed by atoms with van der Waals surface area (Å²) in [6.07, 6.45) is 3.46. The third-order valence-corrected chi connectivity index (χ3v) is 4.18. The Morgan fingerprint density at radius 2 is 2.11 bits per heavy atom. The molecule has 1 aliphatic heterocycles. The van der Waals surface area contributed by atoms with E-state index < -0.39 is 0 Å². The Morgan fingerprint density at radius 3 is 2.74 bits per heavy atom. The van der Waals surface area contributed by atoms with Gasteiger partial charge < -0.3 is 10.3 Å². The van der Waals surface area contributed by atoms with Gasteiger partial charge in [-0.3, -0.25) is 4.90 Å². The molecule has 1 atom stereocenters. The Hall–Kier alpha value is -0.650. The average Bonchev–Trinajstić information content (AvgIpc) is 3.05. The van der Waals surface area contributed by atoms with Crippen molar-refractivity contribution in [2.24, 2.45) is 11.1 Å². The largest absolute Gasteiger partial charge is 0.338 e. The topological polar surface area (TPSA) is 68.2 Å². The van der Waals surface area contributed by atoms with Crippen LogP contribution in [0.2, 0.25) is 0 Å². The summed E-state index contributed by atoms with van der Waals surface area (Å²) in [4.78, 5) is 6.85. The van der Waals surface area contributed by atoms with Crippen LogP contribution in [0, 0.1) is 5.41 Å². The zero-order valence-electron chi connectivity index (χ0n) is 11.6. The molecule has 1 saturated heterocycles. The second-order valence-corrected chi connectivity index (χ2v) is 6.41. The molecule has 5 nitrogen and oxygen atoms in total. The standard InChI is InChI=1S/C13H22N4O.ClH/c1-13(2)8-17(6-5-10(13)14)7-11-15-12(16-18-11)9-3-4-9;/h9-10H,3-8,14H2,1-2H3;1H. The molecule has 0 bridgehead atoms. The monoisotopic (exact) mass is 286 g/mol. The van der Waals surface area contributed by atoms with Crippen LogP contribution < -0.4 is 5.73 Å². The first-order valence-electron chi connectivity index (χ1n) is 6.85. The van der Waals surface area contributed by atoms with Gasteiger partial charge in [-0.1, -0.05) is 19.0 Å². The van der Waals surface area contributed by atoms with Gasteiger partial charge in [-0.15, -0.1) is 12.4 Å². The molecular weight excluding hydrogens is 264 g/mol. The van der Waals surface area contributed by atoms with Gasteiger partial charge in [-0.2, -0.15) is 4.98 Å². The first-order valence-corrected chi connectivity index (χ1v) is 6.85. The Bertz CT molecular complexity index is 430. The molecular formula is C13H23ClN4O. The number of hydrogen-bond acceptors (Lipinski definition) is 5. The van der Waals surface area contributed by atoms with Crippen molar-refractivity contribution in [1.29, 1.82) is 0 Å². The minimum atomic E-state index is 0. The smallest absolute Gasteiger partial charge is 0.240 e. The second-order valence-electron chi connectivity index (χ2n) is 6.41. The van der Waals surface area contributed by atoms with Crippen molar-refractivity contribution in [3.05, 3.63) is 11.7 Å². The molecule has 3 rings (SSSR count). The Balaban J connectivity index is 0.00000133. The number of likely N-dealkylation sites (tertiary alicyclic amines) is 1. The van der Waals surface area contributed by atoms with E-state index in [9.17, 15) is 0 Å². The second kappa shape index (κ2) is 5.38. The summed E-state index contributed by atoms with van der Waals surface area (Å²) in [5.74, 6) is 2.22. The SMILES string of the molecule is CC1(C)CN(Cc2nc(C3CC3)no2)CCC1N.Cl. The minimum Gasteiger partial charge on any atom is -0.338 e. The van der Waals surface area contributed by atoms with E-state index in [1.807, 2.05) is 0 Å². The third kappa shape index (κ3) is 3.27. The maximum atomic E-state index is 6.14. The summed E-state index contributed by atoms with van der Waals surface area (Å²) in [6, 6.07) is 0.290. The molecule has 2 heterocycles. The Kier molecular flexibility index (Phi) is 4.18. The lowest BCUT2D eigenvalue weighted by Gasteiger charge is -2.42. The van der Waals surface area contributed by atoms with Gasteiger partial charge in [-0.05, 0) is 24.7 Å². The number of hydrogen-bond donors (Lipinski definition) is 1. The predicted octanol–water partition coefficient (Wildman–Crippen LogP) is 1.93. The van der Waals surface area contributed by atoms with Crippen LogP contribution in [-0.2, 0) is 6.54 Å². The van der Waals surface area contributed by atoms with E-state index in [1.54, 1.807) is 0 Å². The molecule has 0 aromatic carbocycles. The molecule has 1 unspecified atom stereocenters. The normalized spacial score (nSPS) is 27.0. The molecule has 2 N–H and O–H groups in total. The molecule has 6 heteroatoms. The van der Waals surface area contributed by atoms with Crippen LogP contribution in [0.4, 0.5) is 0 Å². The average molecular weight is 287 g/mol.